The summed E-state index contributed by atoms with van der Waals surface area (Å²) in [4.78, 5) is 13.9. The zero-order chi connectivity index (χ0) is 13.5. The van der Waals surface area contributed by atoms with E-state index in [0.717, 1.165) is 6.54 Å². The van der Waals surface area contributed by atoms with Crippen molar-refractivity contribution in [2.75, 3.05) is 25.5 Å². The van der Waals surface area contributed by atoms with Crippen molar-refractivity contribution in [1.82, 2.24) is 10.3 Å². The van der Waals surface area contributed by atoms with E-state index >= 15 is 0 Å². The molecular weight excluding hydrogens is 234 g/mol. The molecule has 1 unspecified atom stereocenters. The van der Waals surface area contributed by atoms with Crippen LogP contribution in [0.2, 0.25) is 0 Å². The fourth-order valence-electron chi connectivity index (χ4n) is 1.48. The molecule has 1 aromatic rings. The second-order valence-corrected chi connectivity index (χ2v) is 3.98. The maximum absolute atomic E-state index is 10.6. The molecule has 0 radical (unpaired) electrons. The maximum Gasteiger partial charge on any atom is 0.305 e. The van der Waals surface area contributed by atoms with Gasteiger partial charge in [-0.05, 0) is 25.6 Å². The van der Waals surface area contributed by atoms with Gasteiger partial charge >= 0.3 is 5.69 Å². The van der Waals surface area contributed by atoms with Crippen LogP contribution in [0.3, 0.4) is 0 Å². The van der Waals surface area contributed by atoms with Gasteiger partial charge in [0.25, 0.3) is 0 Å². The molecule has 1 heterocycles. The SMILES string of the molecule is CNCC(C)CNc1ccc([N+](=O)[O-])c(C#N)n1. The Morgan fingerprint density at radius 3 is 2.83 bits per heavy atom. The van der Waals surface area contributed by atoms with E-state index in [1.807, 2.05) is 7.05 Å². The number of hydrogen-bond acceptors (Lipinski definition) is 6. The molecule has 0 aliphatic rings. The first kappa shape index (κ1) is 13.9. The van der Waals surface area contributed by atoms with E-state index in [-0.39, 0.29) is 11.4 Å². The van der Waals surface area contributed by atoms with Gasteiger partial charge in [-0.2, -0.15) is 5.26 Å². The van der Waals surface area contributed by atoms with E-state index in [1.165, 1.54) is 12.1 Å². The first-order valence-electron chi connectivity index (χ1n) is 5.52. The largest absolute Gasteiger partial charge is 0.370 e. The number of nitrogens with zero attached hydrogens (tertiary/aromatic N) is 3. The summed E-state index contributed by atoms with van der Waals surface area (Å²) in [5, 5.41) is 25.5. The van der Waals surface area contributed by atoms with Crippen LogP contribution in [0.4, 0.5) is 11.5 Å². The lowest BCUT2D eigenvalue weighted by molar-refractivity contribution is -0.385. The van der Waals surface area contributed by atoms with Crippen molar-refractivity contribution in [3.63, 3.8) is 0 Å². The van der Waals surface area contributed by atoms with Gasteiger partial charge in [0.1, 0.15) is 11.9 Å². The van der Waals surface area contributed by atoms with Crippen LogP contribution in [0.5, 0.6) is 0 Å². The van der Waals surface area contributed by atoms with Gasteiger partial charge < -0.3 is 10.6 Å². The van der Waals surface area contributed by atoms with Crippen LogP contribution in [0, 0.1) is 27.4 Å². The third-order valence-corrected chi connectivity index (χ3v) is 2.36. The lowest BCUT2D eigenvalue weighted by atomic mass is 10.2. The van der Waals surface area contributed by atoms with Crippen molar-refractivity contribution in [1.29, 1.82) is 5.26 Å². The molecule has 0 aromatic carbocycles. The first-order chi connectivity index (χ1) is 8.58. The van der Waals surface area contributed by atoms with Gasteiger partial charge in [0.05, 0.1) is 4.92 Å². The minimum absolute atomic E-state index is 0.175. The lowest BCUT2D eigenvalue weighted by Crippen LogP contribution is -2.23. The zero-order valence-electron chi connectivity index (χ0n) is 10.3. The highest BCUT2D eigenvalue weighted by Gasteiger charge is 2.15. The molecular formula is C11H15N5O2. The summed E-state index contributed by atoms with van der Waals surface area (Å²) in [6.07, 6.45) is 0. The number of nitriles is 1. The monoisotopic (exact) mass is 249 g/mol. The fraction of sp³-hybridized carbons (Fsp3) is 0.455. The van der Waals surface area contributed by atoms with E-state index in [1.54, 1.807) is 6.07 Å². The molecule has 0 amide bonds. The van der Waals surface area contributed by atoms with Crippen LogP contribution in [0.15, 0.2) is 12.1 Å². The molecule has 0 spiro atoms. The Balaban J connectivity index is 2.75. The van der Waals surface area contributed by atoms with Gasteiger partial charge in [0, 0.05) is 12.6 Å². The third kappa shape index (κ3) is 3.68. The number of pyridine rings is 1. The minimum atomic E-state index is -0.612. The molecule has 18 heavy (non-hydrogen) atoms. The number of nitrogens with one attached hydrogen (secondary N) is 2. The second-order valence-electron chi connectivity index (χ2n) is 3.98. The van der Waals surface area contributed by atoms with Crippen LogP contribution < -0.4 is 10.6 Å². The van der Waals surface area contributed by atoms with Crippen LogP contribution in [0.25, 0.3) is 0 Å². The molecule has 1 aromatic heterocycles. The van der Waals surface area contributed by atoms with Gasteiger partial charge in [-0.3, -0.25) is 10.1 Å². The summed E-state index contributed by atoms with van der Waals surface area (Å²) in [7, 11) is 1.87. The van der Waals surface area contributed by atoms with Gasteiger partial charge in [-0.1, -0.05) is 6.92 Å². The Morgan fingerprint density at radius 2 is 2.28 bits per heavy atom. The third-order valence-electron chi connectivity index (χ3n) is 2.36. The molecule has 0 fully saturated rings. The molecule has 7 nitrogen and oxygen atoms in total. The van der Waals surface area contributed by atoms with Crippen LogP contribution in [0.1, 0.15) is 12.6 Å². The summed E-state index contributed by atoms with van der Waals surface area (Å²) < 4.78 is 0. The summed E-state index contributed by atoms with van der Waals surface area (Å²) in [5.41, 5.74) is -0.447. The maximum atomic E-state index is 10.6. The summed E-state index contributed by atoms with van der Waals surface area (Å²) in [6, 6.07) is 4.52. The van der Waals surface area contributed by atoms with Crippen molar-refractivity contribution in [2.24, 2.45) is 5.92 Å². The predicted octanol–water partition coefficient (Wildman–Crippen LogP) is 1.13. The minimum Gasteiger partial charge on any atom is -0.370 e. The number of hydrogen-bond donors (Lipinski definition) is 2. The highest BCUT2D eigenvalue weighted by atomic mass is 16.6. The van der Waals surface area contributed by atoms with Gasteiger partial charge in [-0.25, -0.2) is 4.98 Å². The molecule has 0 bridgehead atoms. The Labute approximate surface area is 105 Å². The van der Waals surface area contributed by atoms with E-state index in [4.69, 9.17) is 5.26 Å². The summed E-state index contributed by atoms with van der Waals surface area (Å²) >= 11 is 0. The number of aromatic nitrogens is 1. The lowest BCUT2D eigenvalue weighted by Gasteiger charge is -2.12. The van der Waals surface area contributed by atoms with Crippen LogP contribution in [-0.4, -0.2) is 30.0 Å². The van der Waals surface area contributed by atoms with E-state index in [2.05, 4.69) is 22.5 Å². The van der Waals surface area contributed by atoms with E-state index in [0.29, 0.717) is 18.3 Å². The predicted molar refractivity (Wildman–Crippen MR) is 67.2 cm³/mol. The van der Waals surface area contributed by atoms with Crippen molar-refractivity contribution >= 4 is 11.5 Å². The summed E-state index contributed by atoms with van der Waals surface area (Å²) in [5.74, 6) is 0.859. The molecule has 0 saturated carbocycles. The molecule has 1 rings (SSSR count). The standard InChI is InChI=1S/C11H15N5O2/c1-8(6-13-2)7-14-11-4-3-10(16(17)18)9(5-12)15-11/h3-4,8,13H,6-7H2,1-2H3,(H,14,15). The molecule has 1 atom stereocenters. The number of rotatable bonds is 6. The molecule has 7 heteroatoms. The van der Waals surface area contributed by atoms with Crippen LogP contribution in [-0.2, 0) is 0 Å². The number of anilines is 1. The van der Waals surface area contributed by atoms with Crippen LogP contribution >= 0.6 is 0 Å². The Morgan fingerprint density at radius 1 is 1.56 bits per heavy atom. The molecule has 0 saturated heterocycles. The fourth-order valence-corrected chi connectivity index (χ4v) is 1.48. The van der Waals surface area contributed by atoms with Crippen molar-refractivity contribution in [2.45, 2.75) is 6.92 Å². The Kier molecular flexibility index (Phi) is 5.02. The smallest absolute Gasteiger partial charge is 0.305 e. The van der Waals surface area contributed by atoms with E-state index in [9.17, 15) is 10.1 Å². The second kappa shape index (κ2) is 6.51. The quantitative estimate of drug-likeness (QED) is 0.578. The molecule has 0 aliphatic carbocycles. The zero-order valence-corrected chi connectivity index (χ0v) is 10.3. The van der Waals surface area contributed by atoms with E-state index < -0.39 is 4.92 Å². The highest BCUT2D eigenvalue weighted by molar-refractivity contribution is 5.50. The number of nitro groups is 1. The highest BCUT2D eigenvalue weighted by Crippen LogP contribution is 2.18. The summed E-state index contributed by atoms with van der Waals surface area (Å²) in [6.45, 7) is 3.59. The van der Waals surface area contributed by atoms with Crippen molar-refractivity contribution in [3.05, 3.63) is 27.9 Å². The topological polar surface area (TPSA) is 104 Å². The first-order valence-corrected chi connectivity index (χ1v) is 5.52. The Bertz CT molecular complexity index is 469. The molecule has 2 N–H and O–H groups in total. The average Bonchev–Trinajstić information content (AvgIpc) is 2.36. The van der Waals surface area contributed by atoms with Gasteiger partial charge in [-0.15, -0.1) is 0 Å². The molecule has 96 valence electrons. The van der Waals surface area contributed by atoms with Crippen molar-refractivity contribution < 1.29 is 4.92 Å². The normalized spacial score (nSPS) is 11.6. The molecule has 0 aliphatic heterocycles. The van der Waals surface area contributed by atoms with Gasteiger partial charge in [0.15, 0.2) is 0 Å². The Hall–Kier alpha value is -2.20. The van der Waals surface area contributed by atoms with Crippen molar-refractivity contribution in [3.8, 4) is 6.07 Å². The van der Waals surface area contributed by atoms with Gasteiger partial charge in [0.2, 0.25) is 5.69 Å². The average molecular weight is 249 g/mol.